The van der Waals surface area contributed by atoms with Gasteiger partial charge in [0, 0.05) is 18.5 Å². The first kappa shape index (κ1) is 18.6. The minimum atomic E-state index is -0.477. The Hall–Kier alpha value is -1.46. The van der Waals surface area contributed by atoms with Gasteiger partial charge in [0.05, 0.1) is 19.3 Å². The van der Waals surface area contributed by atoms with Crippen LogP contribution in [0.25, 0.3) is 0 Å². The molecule has 3 N–H and O–H groups in total. The van der Waals surface area contributed by atoms with Crippen LogP contribution in [0.4, 0.5) is 0 Å². The lowest BCUT2D eigenvalue weighted by Gasteiger charge is -2.18. The molecule has 2 atom stereocenters. The normalized spacial score (nSPS) is 16.0. The van der Waals surface area contributed by atoms with E-state index in [1.54, 1.807) is 0 Å². The van der Waals surface area contributed by atoms with Crippen LogP contribution in [0.1, 0.15) is 32.3 Å². The van der Waals surface area contributed by atoms with Gasteiger partial charge >= 0.3 is 0 Å². The highest BCUT2D eigenvalue weighted by molar-refractivity contribution is 5.85. The molecule has 6 heteroatoms. The monoisotopic (exact) mass is 328 g/mol. The van der Waals surface area contributed by atoms with Crippen LogP contribution < -0.4 is 20.5 Å². The molecule has 2 unspecified atom stereocenters. The Bertz CT molecular complexity index is 496. The molecular formula is C16H25ClN2O3. The number of carbonyl (C=O) groups is 1. The van der Waals surface area contributed by atoms with Crippen molar-refractivity contribution >= 4 is 18.3 Å². The quantitative estimate of drug-likeness (QED) is 0.869. The summed E-state index contributed by atoms with van der Waals surface area (Å²) in [5.74, 6) is 1.51. The van der Waals surface area contributed by atoms with Gasteiger partial charge in [0.25, 0.3) is 0 Å². The van der Waals surface area contributed by atoms with Gasteiger partial charge in [0.1, 0.15) is 0 Å². The fraction of sp³-hybridized carbons (Fsp3) is 0.562. The summed E-state index contributed by atoms with van der Waals surface area (Å²) in [6.45, 7) is 5.69. The summed E-state index contributed by atoms with van der Waals surface area (Å²) in [6.07, 6.45) is 1.74. The van der Waals surface area contributed by atoms with E-state index in [1.165, 1.54) is 0 Å². The van der Waals surface area contributed by atoms with Crippen molar-refractivity contribution in [2.24, 2.45) is 11.7 Å². The van der Waals surface area contributed by atoms with E-state index >= 15 is 0 Å². The third kappa shape index (κ3) is 4.52. The van der Waals surface area contributed by atoms with Crippen molar-refractivity contribution in [3.05, 3.63) is 23.8 Å². The number of ether oxygens (including phenoxy) is 2. The van der Waals surface area contributed by atoms with Gasteiger partial charge < -0.3 is 20.5 Å². The number of amides is 1. The maximum absolute atomic E-state index is 12.0. The lowest BCUT2D eigenvalue weighted by Crippen LogP contribution is -2.44. The van der Waals surface area contributed by atoms with E-state index in [-0.39, 0.29) is 24.2 Å². The molecule has 0 aliphatic carbocycles. The van der Waals surface area contributed by atoms with Gasteiger partial charge in [-0.2, -0.15) is 0 Å². The Morgan fingerprint density at radius 1 is 1.36 bits per heavy atom. The smallest absolute Gasteiger partial charge is 0.237 e. The Morgan fingerprint density at radius 3 is 2.82 bits per heavy atom. The number of fused-ring (bicyclic) bond motifs is 1. The highest BCUT2D eigenvalue weighted by Crippen LogP contribution is 2.33. The highest BCUT2D eigenvalue weighted by Gasteiger charge is 2.20. The maximum Gasteiger partial charge on any atom is 0.237 e. The first-order chi connectivity index (χ1) is 10.1. The third-order valence-corrected chi connectivity index (χ3v) is 3.87. The molecule has 0 saturated heterocycles. The average molecular weight is 329 g/mol. The Labute approximate surface area is 138 Å². The predicted octanol–water partition coefficient (Wildman–Crippen LogP) is 2.26. The molecule has 1 aromatic carbocycles. The average Bonchev–Trinajstić information content (AvgIpc) is 2.76. The number of nitrogens with one attached hydrogen (secondary N) is 1. The molecule has 1 aliphatic rings. The molecule has 124 valence electrons. The maximum atomic E-state index is 12.0. The number of benzene rings is 1. The lowest BCUT2D eigenvalue weighted by atomic mass is 9.99. The lowest BCUT2D eigenvalue weighted by molar-refractivity contribution is -0.123. The standard InChI is InChI=1S/C16H24N2O3.ClH/c1-3-11(2)14(17)16(19)18-10-12-6-4-7-13-15(12)21-9-5-8-20-13;/h4,6-7,11,14H,3,5,8-10,17H2,1-2H3,(H,18,19);1H. The van der Waals surface area contributed by atoms with Gasteiger partial charge in [-0.3, -0.25) is 4.79 Å². The zero-order valence-electron chi connectivity index (χ0n) is 13.1. The van der Waals surface area contributed by atoms with E-state index in [9.17, 15) is 4.79 Å². The van der Waals surface area contributed by atoms with E-state index in [0.717, 1.165) is 29.9 Å². The fourth-order valence-electron chi connectivity index (χ4n) is 2.21. The van der Waals surface area contributed by atoms with Gasteiger partial charge in [0.15, 0.2) is 11.5 Å². The summed E-state index contributed by atoms with van der Waals surface area (Å²) in [6, 6.07) is 5.25. The fourth-order valence-corrected chi connectivity index (χ4v) is 2.21. The van der Waals surface area contributed by atoms with Gasteiger partial charge in [0.2, 0.25) is 5.91 Å². The molecule has 0 bridgehead atoms. The van der Waals surface area contributed by atoms with E-state index in [2.05, 4.69) is 5.32 Å². The van der Waals surface area contributed by atoms with Crippen LogP contribution in [0.5, 0.6) is 11.5 Å². The molecule has 22 heavy (non-hydrogen) atoms. The van der Waals surface area contributed by atoms with Crippen molar-refractivity contribution in [2.45, 2.75) is 39.3 Å². The van der Waals surface area contributed by atoms with E-state index in [4.69, 9.17) is 15.2 Å². The van der Waals surface area contributed by atoms with E-state index < -0.39 is 6.04 Å². The number of hydrogen-bond donors (Lipinski definition) is 2. The topological polar surface area (TPSA) is 73.6 Å². The molecule has 0 radical (unpaired) electrons. The molecule has 5 nitrogen and oxygen atoms in total. The minimum Gasteiger partial charge on any atom is -0.490 e. The summed E-state index contributed by atoms with van der Waals surface area (Å²) in [5, 5.41) is 2.88. The predicted molar refractivity (Wildman–Crippen MR) is 88.6 cm³/mol. The van der Waals surface area contributed by atoms with Crippen LogP contribution >= 0.6 is 12.4 Å². The van der Waals surface area contributed by atoms with Crippen LogP contribution in [0.15, 0.2) is 18.2 Å². The van der Waals surface area contributed by atoms with E-state index in [0.29, 0.717) is 19.8 Å². The third-order valence-electron chi connectivity index (χ3n) is 3.87. The molecule has 1 amide bonds. The molecule has 0 spiro atoms. The molecule has 0 fully saturated rings. The first-order valence-electron chi connectivity index (χ1n) is 7.54. The number of nitrogens with two attached hydrogens (primary N) is 1. The van der Waals surface area contributed by atoms with Crippen LogP contribution in [0.2, 0.25) is 0 Å². The van der Waals surface area contributed by atoms with Gasteiger partial charge in [-0.15, -0.1) is 12.4 Å². The number of para-hydroxylation sites is 1. The van der Waals surface area contributed by atoms with Crippen molar-refractivity contribution in [3.8, 4) is 11.5 Å². The molecule has 1 aromatic rings. The number of carbonyl (C=O) groups excluding carboxylic acids is 1. The molecule has 1 aliphatic heterocycles. The van der Waals surface area contributed by atoms with Gasteiger partial charge in [-0.25, -0.2) is 0 Å². The Kier molecular flexibility index (Phi) is 7.48. The van der Waals surface area contributed by atoms with Crippen molar-refractivity contribution in [3.63, 3.8) is 0 Å². The number of hydrogen-bond acceptors (Lipinski definition) is 4. The molecule has 0 aromatic heterocycles. The summed E-state index contributed by atoms with van der Waals surface area (Å²) in [7, 11) is 0. The van der Waals surface area contributed by atoms with Crippen LogP contribution in [-0.2, 0) is 11.3 Å². The van der Waals surface area contributed by atoms with E-state index in [1.807, 2.05) is 32.0 Å². The van der Waals surface area contributed by atoms with Gasteiger partial charge in [-0.1, -0.05) is 32.4 Å². The Morgan fingerprint density at radius 2 is 2.09 bits per heavy atom. The summed E-state index contributed by atoms with van der Waals surface area (Å²) < 4.78 is 11.4. The number of rotatable bonds is 5. The first-order valence-corrected chi connectivity index (χ1v) is 7.54. The molecular weight excluding hydrogens is 304 g/mol. The second-order valence-corrected chi connectivity index (χ2v) is 5.42. The summed E-state index contributed by atoms with van der Waals surface area (Å²) in [5.41, 5.74) is 6.85. The minimum absolute atomic E-state index is 0. The summed E-state index contributed by atoms with van der Waals surface area (Å²) >= 11 is 0. The molecule has 0 saturated carbocycles. The van der Waals surface area contributed by atoms with Crippen molar-refractivity contribution in [2.75, 3.05) is 13.2 Å². The second kappa shape index (κ2) is 8.86. The zero-order chi connectivity index (χ0) is 15.2. The van der Waals surface area contributed by atoms with Crippen LogP contribution in [0, 0.1) is 5.92 Å². The highest BCUT2D eigenvalue weighted by atomic mass is 35.5. The van der Waals surface area contributed by atoms with Gasteiger partial charge in [-0.05, 0) is 12.0 Å². The summed E-state index contributed by atoms with van der Waals surface area (Å²) in [4.78, 5) is 12.0. The second-order valence-electron chi connectivity index (χ2n) is 5.42. The largest absolute Gasteiger partial charge is 0.490 e. The molecule has 2 rings (SSSR count). The van der Waals surface area contributed by atoms with Crippen LogP contribution in [-0.4, -0.2) is 25.2 Å². The van der Waals surface area contributed by atoms with Crippen LogP contribution in [0.3, 0.4) is 0 Å². The molecule has 1 heterocycles. The van der Waals surface area contributed by atoms with Crippen molar-refractivity contribution < 1.29 is 14.3 Å². The Balaban J connectivity index is 0.00000242. The van der Waals surface area contributed by atoms with Crippen molar-refractivity contribution in [1.29, 1.82) is 0 Å². The SMILES string of the molecule is CCC(C)C(N)C(=O)NCc1cccc2c1OCCCO2.Cl. The zero-order valence-corrected chi connectivity index (χ0v) is 13.9. The number of halogens is 1. The van der Waals surface area contributed by atoms with Crippen molar-refractivity contribution in [1.82, 2.24) is 5.32 Å².